The van der Waals surface area contributed by atoms with E-state index in [1.165, 1.54) is 19.2 Å². The van der Waals surface area contributed by atoms with Gasteiger partial charge in [-0.3, -0.25) is 4.90 Å². The molecule has 0 radical (unpaired) electrons. The zero-order valence-corrected chi connectivity index (χ0v) is 11.6. The van der Waals surface area contributed by atoms with Crippen molar-refractivity contribution in [2.75, 3.05) is 33.9 Å². The van der Waals surface area contributed by atoms with Crippen LogP contribution in [-0.2, 0) is 4.74 Å². The zero-order valence-electron chi connectivity index (χ0n) is 11.6. The smallest absolute Gasteiger partial charge is 0.335 e. The molecule has 1 saturated heterocycles. The van der Waals surface area contributed by atoms with E-state index in [2.05, 4.69) is 18.9 Å². The summed E-state index contributed by atoms with van der Waals surface area (Å²) in [6.07, 6.45) is 0. The standard InChI is InChI=1S/C8H8O3.C6H13NO/c1-11-7-4-2-3-6(5-7)8(9)10;1-6-5-8-4-3-7(6)2/h2-5H,1H3,(H,9,10);6H,3-5H2,1-2H3. The van der Waals surface area contributed by atoms with Gasteiger partial charge in [-0.25, -0.2) is 4.79 Å². The molecule has 0 aliphatic carbocycles. The average molecular weight is 267 g/mol. The Hall–Kier alpha value is -1.59. The summed E-state index contributed by atoms with van der Waals surface area (Å²) in [5, 5.41) is 8.55. The van der Waals surface area contributed by atoms with Crippen molar-refractivity contribution in [1.82, 2.24) is 4.90 Å². The zero-order chi connectivity index (χ0) is 14.3. The maximum Gasteiger partial charge on any atom is 0.335 e. The van der Waals surface area contributed by atoms with Gasteiger partial charge in [-0.2, -0.15) is 0 Å². The third-order valence-corrected chi connectivity index (χ3v) is 3.02. The lowest BCUT2D eigenvalue weighted by Crippen LogP contribution is -2.40. The Kier molecular flexibility index (Phi) is 6.32. The number of likely N-dealkylation sites (N-methyl/N-ethyl adjacent to an activating group) is 1. The van der Waals surface area contributed by atoms with Gasteiger partial charge in [0.05, 0.1) is 25.9 Å². The van der Waals surface area contributed by atoms with Crippen LogP contribution in [0.4, 0.5) is 0 Å². The van der Waals surface area contributed by atoms with Crippen molar-refractivity contribution in [2.24, 2.45) is 0 Å². The highest BCUT2D eigenvalue weighted by molar-refractivity contribution is 5.87. The largest absolute Gasteiger partial charge is 0.497 e. The first-order chi connectivity index (χ1) is 9.04. The third-order valence-electron chi connectivity index (χ3n) is 3.02. The van der Waals surface area contributed by atoms with Crippen LogP contribution in [0.2, 0.25) is 0 Å². The Morgan fingerprint density at radius 3 is 2.74 bits per heavy atom. The number of rotatable bonds is 2. The lowest BCUT2D eigenvalue weighted by Gasteiger charge is -2.29. The Morgan fingerprint density at radius 1 is 1.53 bits per heavy atom. The molecule has 5 heteroatoms. The monoisotopic (exact) mass is 267 g/mol. The van der Waals surface area contributed by atoms with E-state index in [-0.39, 0.29) is 5.56 Å². The van der Waals surface area contributed by atoms with Crippen LogP contribution < -0.4 is 4.74 Å². The number of hydrogen-bond acceptors (Lipinski definition) is 4. The summed E-state index contributed by atoms with van der Waals surface area (Å²) in [5.41, 5.74) is 0.240. The van der Waals surface area contributed by atoms with E-state index in [1.54, 1.807) is 12.1 Å². The van der Waals surface area contributed by atoms with Crippen molar-refractivity contribution < 1.29 is 19.4 Å². The van der Waals surface area contributed by atoms with E-state index in [1.807, 2.05) is 0 Å². The lowest BCUT2D eigenvalue weighted by atomic mass is 10.2. The predicted octanol–water partition coefficient (Wildman–Crippen LogP) is 1.73. The Bertz CT molecular complexity index is 398. The molecule has 1 aromatic rings. The quantitative estimate of drug-likeness (QED) is 0.884. The van der Waals surface area contributed by atoms with E-state index < -0.39 is 5.97 Å². The van der Waals surface area contributed by atoms with E-state index in [4.69, 9.17) is 14.6 Å². The van der Waals surface area contributed by atoms with E-state index in [0.717, 1.165) is 19.8 Å². The van der Waals surface area contributed by atoms with Gasteiger partial charge < -0.3 is 14.6 Å². The molecule has 0 bridgehead atoms. The highest BCUT2D eigenvalue weighted by Gasteiger charge is 2.12. The van der Waals surface area contributed by atoms with Crippen LogP contribution in [0.15, 0.2) is 24.3 Å². The van der Waals surface area contributed by atoms with Crippen LogP contribution >= 0.6 is 0 Å². The molecule has 0 spiro atoms. The Balaban J connectivity index is 0.000000200. The number of carboxylic acid groups (broad SMARTS) is 1. The van der Waals surface area contributed by atoms with Gasteiger partial charge in [-0.15, -0.1) is 0 Å². The molecule has 0 amide bonds. The second-order valence-corrected chi connectivity index (χ2v) is 4.44. The number of nitrogens with zero attached hydrogens (tertiary/aromatic N) is 1. The van der Waals surface area contributed by atoms with Crippen molar-refractivity contribution in [3.05, 3.63) is 29.8 Å². The van der Waals surface area contributed by atoms with Gasteiger partial charge in [-0.05, 0) is 32.2 Å². The molecule has 1 atom stereocenters. The summed E-state index contributed by atoms with van der Waals surface area (Å²) in [5.74, 6) is -0.381. The van der Waals surface area contributed by atoms with Crippen molar-refractivity contribution in [3.8, 4) is 5.75 Å². The molecule has 1 unspecified atom stereocenters. The molecule has 1 fully saturated rings. The lowest BCUT2D eigenvalue weighted by molar-refractivity contribution is 0.0131. The SMILES string of the molecule is CC1COCCN1C.COc1cccc(C(=O)O)c1. The van der Waals surface area contributed by atoms with Gasteiger partial charge in [0.15, 0.2) is 0 Å². The molecule has 19 heavy (non-hydrogen) atoms. The van der Waals surface area contributed by atoms with Gasteiger partial charge in [0.2, 0.25) is 0 Å². The molecular formula is C14H21NO4. The van der Waals surface area contributed by atoms with Crippen LogP contribution in [-0.4, -0.2) is 55.9 Å². The van der Waals surface area contributed by atoms with E-state index in [0.29, 0.717) is 11.8 Å². The second-order valence-electron chi connectivity index (χ2n) is 4.44. The number of ether oxygens (including phenoxy) is 2. The number of carbonyl (C=O) groups is 1. The van der Waals surface area contributed by atoms with Crippen LogP contribution in [0.1, 0.15) is 17.3 Å². The highest BCUT2D eigenvalue weighted by Crippen LogP contribution is 2.11. The number of morpholine rings is 1. The topological polar surface area (TPSA) is 59.0 Å². The summed E-state index contributed by atoms with van der Waals surface area (Å²) in [7, 11) is 3.63. The predicted molar refractivity (Wildman–Crippen MR) is 72.9 cm³/mol. The normalized spacial score (nSPS) is 19.2. The summed E-state index contributed by atoms with van der Waals surface area (Å²) >= 11 is 0. The van der Waals surface area contributed by atoms with Crippen molar-refractivity contribution in [1.29, 1.82) is 0 Å². The molecule has 2 rings (SSSR count). The first-order valence-corrected chi connectivity index (χ1v) is 6.20. The second kappa shape index (κ2) is 7.76. The highest BCUT2D eigenvalue weighted by atomic mass is 16.5. The third kappa shape index (κ3) is 5.28. The molecular weight excluding hydrogens is 246 g/mol. The maximum absolute atomic E-state index is 10.4. The fourth-order valence-electron chi connectivity index (χ4n) is 1.57. The number of methoxy groups -OCH3 is 1. The van der Waals surface area contributed by atoms with Crippen LogP contribution in [0, 0.1) is 0 Å². The molecule has 0 aromatic heterocycles. The van der Waals surface area contributed by atoms with Crippen LogP contribution in [0.3, 0.4) is 0 Å². The first kappa shape index (κ1) is 15.5. The molecule has 1 aromatic carbocycles. The number of hydrogen-bond donors (Lipinski definition) is 1. The van der Waals surface area contributed by atoms with Crippen molar-refractivity contribution in [2.45, 2.75) is 13.0 Å². The number of carboxylic acids is 1. The van der Waals surface area contributed by atoms with Crippen molar-refractivity contribution >= 4 is 5.97 Å². The molecule has 1 aliphatic rings. The molecule has 0 saturated carbocycles. The van der Waals surface area contributed by atoms with E-state index in [9.17, 15) is 4.79 Å². The minimum atomic E-state index is -0.941. The minimum Gasteiger partial charge on any atom is -0.497 e. The van der Waals surface area contributed by atoms with Crippen LogP contribution in [0.25, 0.3) is 0 Å². The van der Waals surface area contributed by atoms with Gasteiger partial charge in [0, 0.05) is 12.6 Å². The van der Waals surface area contributed by atoms with Gasteiger partial charge in [-0.1, -0.05) is 6.07 Å². The van der Waals surface area contributed by atoms with Crippen molar-refractivity contribution in [3.63, 3.8) is 0 Å². The van der Waals surface area contributed by atoms with E-state index >= 15 is 0 Å². The number of benzene rings is 1. The minimum absolute atomic E-state index is 0.240. The summed E-state index contributed by atoms with van der Waals surface area (Å²) < 4.78 is 10.1. The molecule has 1 heterocycles. The first-order valence-electron chi connectivity index (χ1n) is 6.20. The Morgan fingerprint density at radius 2 is 2.26 bits per heavy atom. The van der Waals surface area contributed by atoms with Crippen LogP contribution in [0.5, 0.6) is 5.75 Å². The summed E-state index contributed by atoms with van der Waals surface area (Å²) in [4.78, 5) is 12.7. The molecule has 5 nitrogen and oxygen atoms in total. The fraction of sp³-hybridized carbons (Fsp3) is 0.500. The van der Waals surface area contributed by atoms with Gasteiger partial charge >= 0.3 is 5.97 Å². The molecule has 1 N–H and O–H groups in total. The average Bonchev–Trinajstić information content (AvgIpc) is 2.43. The molecule has 106 valence electrons. The van der Waals surface area contributed by atoms with Gasteiger partial charge in [0.25, 0.3) is 0 Å². The fourth-order valence-corrected chi connectivity index (χ4v) is 1.57. The summed E-state index contributed by atoms with van der Waals surface area (Å²) in [6, 6.07) is 6.95. The summed E-state index contributed by atoms with van der Waals surface area (Å²) in [6.45, 7) is 5.07. The molecule has 1 aliphatic heterocycles. The van der Waals surface area contributed by atoms with Gasteiger partial charge in [0.1, 0.15) is 5.75 Å². The maximum atomic E-state index is 10.4. The Labute approximate surface area is 113 Å². The number of aromatic carboxylic acids is 1.